The van der Waals surface area contributed by atoms with E-state index >= 15 is 0 Å². The first-order valence-electron chi connectivity index (χ1n) is 7.28. The SMILES string of the molecule is CCc1cc(NC(=O)C2(OC)CCNCC2)ccc1C.Cl. The molecule has 0 saturated carbocycles. The summed E-state index contributed by atoms with van der Waals surface area (Å²) in [7, 11) is 1.62. The Hall–Kier alpha value is -1.10. The van der Waals surface area contributed by atoms with Gasteiger partial charge in [-0.25, -0.2) is 0 Å². The zero-order valence-electron chi connectivity index (χ0n) is 13.0. The molecule has 1 aliphatic rings. The zero-order valence-corrected chi connectivity index (χ0v) is 13.8. The molecule has 1 saturated heterocycles. The molecule has 0 unspecified atom stereocenters. The van der Waals surface area contributed by atoms with Crippen molar-refractivity contribution in [3.63, 3.8) is 0 Å². The molecule has 0 radical (unpaired) electrons. The largest absolute Gasteiger partial charge is 0.368 e. The van der Waals surface area contributed by atoms with E-state index in [9.17, 15) is 4.79 Å². The van der Waals surface area contributed by atoms with Crippen molar-refractivity contribution in [2.24, 2.45) is 0 Å². The van der Waals surface area contributed by atoms with Crippen LogP contribution in [0.15, 0.2) is 18.2 Å². The number of nitrogens with one attached hydrogen (secondary N) is 2. The van der Waals surface area contributed by atoms with Crippen LogP contribution in [0.25, 0.3) is 0 Å². The van der Waals surface area contributed by atoms with Crippen LogP contribution in [0.1, 0.15) is 30.9 Å². The van der Waals surface area contributed by atoms with Gasteiger partial charge in [-0.1, -0.05) is 13.0 Å². The van der Waals surface area contributed by atoms with Gasteiger partial charge in [0.1, 0.15) is 5.60 Å². The molecule has 0 aromatic heterocycles. The number of benzene rings is 1. The van der Waals surface area contributed by atoms with E-state index in [4.69, 9.17) is 4.74 Å². The average Bonchev–Trinajstić information content (AvgIpc) is 2.49. The lowest BCUT2D eigenvalue weighted by Gasteiger charge is -2.34. The number of rotatable bonds is 4. The van der Waals surface area contributed by atoms with Crippen molar-refractivity contribution in [2.45, 2.75) is 38.7 Å². The lowest BCUT2D eigenvalue weighted by molar-refractivity contribution is -0.140. The predicted octanol–water partition coefficient (Wildman–Crippen LogP) is 2.69. The lowest BCUT2D eigenvalue weighted by atomic mass is 9.91. The van der Waals surface area contributed by atoms with Crippen molar-refractivity contribution in [3.8, 4) is 0 Å². The second-order valence-corrected chi connectivity index (χ2v) is 5.40. The second-order valence-electron chi connectivity index (χ2n) is 5.40. The molecule has 118 valence electrons. The van der Waals surface area contributed by atoms with Crippen molar-refractivity contribution in [1.82, 2.24) is 5.32 Å². The smallest absolute Gasteiger partial charge is 0.256 e. The average molecular weight is 313 g/mol. The molecule has 0 aliphatic carbocycles. The van der Waals surface area contributed by atoms with Crippen LogP contribution in [-0.2, 0) is 16.0 Å². The van der Waals surface area contributed by atoms with Gasteiger partial charge in [-0.3, -0.25) is 4.79 Å². The van der Waals surface area contributed by atoms with Crippen molar-refractivity contribution < 1.29 is 9.53 Å². The van der Waals surface area contributed by atoms with E-state index in [0.29, 0.717) is 12.8 Å². The van der Waals surface area contributed by atoms with Crippen LogP contribution in [0.5, 0.6) is 0 Å². The molecule has 0 bridgehead atoms. The molecule has 21 heavy (non-hydrogen) atoms. The molecule has 1 amide bonds. The molecule has 5 heteroatoms. The number of carbonyl (C=O) groups is 1. The summed E-state index contributed by atoms with van der Waals surface area (Å²) in [6.07, 6.45) is 2.39. The van der Waals surface area contributed by atoms with Gasteiger partial charge in [-0.05, 0) is 62.5 Å². The number of aryl methyl sites for hydroxylation is 2. The highest BCUT2D eigenvalue weighted by Crippen LogP contribution is 2.25. The predicted molar refractivity (Wildman–Crippen MR) is 88.3 cm³/mol. The highest BCUT2D eigenvalue weighted by molar-refractivity contribution is 5.97. The Kier molecular flexibility index (Phi) is 6.65. The van der Waals surface area contributed by atoms with Crippen LogP contribution in [-0.4, -0.2) is 31.7 Å². The standard InChI is InChI=1S/C16H24N2O2.ClH/c1-4-13-11-14(6-5-12(13)2)18-15(19)16(20-3)7-9-17-10-8-16;/h5-6,11,17H,4,7-10H2,1-3H3,(H,18,19);1H. The van der Waals surface area contributed by atoms with Crippen molar-refractivity contribution >= 4 is 24.0 Å². The molecule has 1 aliphatic heterocycles. The van der Waals surface area contributed by atoms with Gasteiger partial charge in [0, 0.05) is 12.8 Å². The Morgan fingerprint density at radius 2 is 2.05 bits per heavy atom. The molecule has 1 heterocycles. The number of methoxy groups -OCH3 is 1. The number of hydrogen-bond donors (Lipinski definition) is 2. The summed E-state index contributed by atoms with van der Waals surface area (Å²) in [5.74, 6) is -0.0348. The Morgan fingerprint density at radius 3 is 2.62 bits per heavy atom. The van der Waals surface area contributed by atoms with Crippen LogP contribution in [0, 0.1) is 6.92 Å². The van der Waals surface area contributed by atoms with E-state index in [1.165, 1.54) is 11.1 Å². The molecule has 2 N–H and O–H groups in total. The Bertz CT molecular complexity index is 485. The number of hydrogen-bond acceptors (Lipinski definition) is 3. The monoisotopic (exact) mass is 312 g/mol. The van der Waals surface area contributed by atoms with Crippen LogP contribution in [0.4, 0.5) is 5.69 Å². The normalized spacial score (nSPS) is 16.9. The van der Waals surface area contributed by atoms with E-state index < -0.39 is 5.60 Å². The fraction of sp³-hybridized carbons (Fsp3) is 0.562. The first-order valence-corrected chi connectivity index (χ1v) is 7.28. The van der Waals surface area contributed by atoms with Gasteiger partial charge in [-0.2, -0.15) is 0 Å². The number of amides is 1. The number of halogens is 1. The van der Waals surface area contributed by atoms with Gasteiger partial charge in [0.05, 0.1) is 0 Å². The Balaban J connectivity index is 0.00000220. The van der Waals surface area contributed by atoms with E-state index in [1.54, 1.807) is 7.11 Å². The number of ether oxygens (including phenoxy) is 1. The third-order valence-corrected chi connectivity index (χ3v) is 4.20. The molecule has 1 fully saturated rings. The Morgan fingerprint density at radius 1 is 1.38 bits per heavy atom. The van der Waals surface area contributed by atoms with Gasteiger partial charge in [0.25, 0.3) is 5.91 Å². The molecule has 0 atom stereocenters. The summed E-state index contributed by atoms with van der Waals surface area (Å²) in [4.78, 5) is 12.5. The zero-order chi connectivity index (χ0) is 14.6. The fourth-order valence-corrected chi connectivity index (χ4v) is 2.73. The summed E-state index contributed by atoms with van der Waals surface area (Å²) >= 11 is 0. The summed E-state index contributed by atoms with van der Waals surface area (Å²) in [5.41, 5.74) is 2.68. The number of carbonyl (C=O) groups excluding carboxylic acids is 1. The van der Waals surface area contributed by atoms with E-state index in [2.05, 4.69) is 36.6 Å². The lowest BCUT2D eigenvalue weighted by Crippen LogP contribution is -2.51. The highest BCUT2D eigenvalue weighted by Gasteiger charge is 2.39. The topological polar surface area (TPSA) is 50.4 Å². The maximum Gasteiger partial charge on any atom is 0.256 e. The molecule has 1 aromatic carbocycles. The maximum absolute atomic E-state index is 12.5. The molecule has 0 spiro atoms. The van der Waals surface area contributed by atoms with Crippen LogP contribution in [0.2, 0.25) is 0 Å². The van der Waals surface area contributed by atoms with Crippen LogP contribution >= 0.6 is 12.4 Å². The van der Waals surface area contributed by atoms with E-state index in [0.717, 1.165) is 25.2 Å². The third-order valence-electron chi connectivity index (χ3n) is 4.20. The summed E-state index contributed by atoms with van der Waals surface area (Å²) < 4.78 is 5.54. The molecule has 4 nitrogen and oxygen atoms in total. The first kappa shape index (κ1) is 18.0. The minimum absolute atomic E-state index is 0. The van der Waals surface area contributed by atoms with Crippen molar-refractivity contribution in [3.05, 3.63) is 29.3 Å². The summed E-state index contributed by atoms with van der Waals surface area (Å²) in [6, 6.07) is 6.06. The maximum atomic E-state index is 12.5. The minimum Gasteiger partial charge on any atom is -0.368 e. The van der Waals surface area contributed by atoms with Gasteiger partial charge < -0.3 is 15.4 Å². The first-order chi connectivity index (χ1) is 9.61. The van der Waals surface area contributed by atoms with Gasteiger partial charge in [0.15, 0.2) is 0 Å². The molecule has 2 rings (SSSR count). The Labute approximate surface area is 133 Å². The second kappa shape index (κ2) is 7.78. The fourth-order valence-electron chi connectivity index (χ4n) is 2.73. The van der Waals surface area contributed by atoms with Gasteiger partial charge in [0.2, 0.25) is 0 Å². The van der Waals surface area contributed by atoms with Crippen molar-refractivity contribution in [2.75, 3.05) is 25.5 Å². The van der Waals surface area contributed by atoms with Crippen LogP contribution in [0.3, 0.4) is 0 Å². The number of anilines is 1. The molecule has 1 aromatic rings. The van der Waals surface area contributed by atoms with Crippen molar-refractivity contribution in [1.29, 1.82) is 0 Å². The van der Waals surface area contributed by atoms with E-state index in [1.807, 2.05) is 6.07 Å². The highest BCUT2D eigenvalue weighted by atomic mass is 35.5. The van der Waals surface area contributed by atoms with Gasteiger partial charge >= 0.3 is 0 Å². The molecular formula is C16H25ClN2O2. The van der Waals surface area contributed by atoms with Gasteiger partial charge in [-0.15, -0.1) is 12.4 Å². The number of piperidine rings is 1. The minimum atomic E-state index is -0.692. The van der Waals surface area contributed by atoms with Crippen LogP contribution < -0.4 is 10.6 Å². The quantitative estimate of drug-likeness (QED) is 0.898. The molecular weight excluding hydrogens is 288 g/mol. The van der Waals surface area contributed by atoms with E-state index in [-0.39, 0.29) is 18.3 Å². The summed E-state index contributed by atoms with van der Waals surface area (Å²) in [5, 5.41) is 6.27. The third kappa shape index (κ3) is 3.96. The summed E-state index contributed by atoms with van der Waals surface area (Å²) in [6.45, 7) is 5.84.